The molecule has 1 aromatic rings. The Kier molecular flexibility index (Phi) is 5.43. The molecule has 0 aromatic heterocycles. The van der Waals surface area contributed by atoms with Crippen molar-refractivity contribution in [3.8, 4) is 0 Å². The van der Waals surface area contributed by atoms with Gasteiger partial charge in [0.05, 0.1) is 16.5 Å². The number of allylic oxidation sites excluding steroid dienone is 1. The van der Waals surface area contributed by atoms with Crippen LogP contribution in [0.4, 0.5) is 10.5 Å². The lowest BCUT2D eigenvalue weighted by molar-refractivity contribution is -0.384. The molecular weight excluding hydrogens is 350 g/mol. The molecule has 2 aliphatic rings. The molecule has 8 nitrogen and oxygen atoms in total. The van der Waals surface area contributed by atoms with Crippen molar-refractivity contribution < 1.29 is 19.2 Å². The molecule has 8 heteroatoms. The van der Waals surface area contributed by atoms with Crippen LogP contribution in [0.2, 0.25) is 0 Å². The Labute approximate surface area is 157 Å². The molecule has 1 heterocycles. The number of nitro benzene ring substituents is 1. The van der Waals surface area contributed by atoms with E-state index in [1.807, 2.05) is 0 Å². The number of urea groups is 1. The van der Waals surface area contributed by atoms with Gasteiger partial charge < -0.3 is 15.4 Å². The number of amides is 2. The zero-order valence-electron chi connectivity index (χ0n) is 15.4. The summed E-state index contributed by atoms with van der Waals surface area (Å²) in [6, 6.07) is 4.64. The molecule has 2 amide bonds. The van der Waals surface area contributed by atoms with Crippen LogP contribution in [-0.4, -0.2) is 23.0 Å². The van der Waals surface area contributed by atoms with Gasteiger partial charge in [-0.25, -0.2) is 9.59 Å². The number of hydrogen-bond donors (Lipinski definition) is 2. The van der Waals surface area contributed by atoms with Crippen molar-refractivity contribution in [2.24, 2.45) is 5.92 Å². The second kappa shape index (κ2) is 7.77. The average molecular weight is 373 g/mol. The Morgan fingerprint density at radius 3 is 2.81 bits per heavy atom. The van der Waals surface area contributed by atoms with Gasteiger partial charge in [-0.1, -0.05) is 25.5 Å². The van der Waals surface area contributed by atoms with Crippen LogP contribution in [-0.2, 0) is 9.53 Å². The molecule has 1 aliphatic heterocycles. The van der Waals surface area contributed by atoms with Crippen LogP contribution >= 0.6 is 0 Å². The van der Waals surface area contributed by atoms with Gasteiger partial charge in [-0.05, 0) is 37.7 Å². The maximum Gasteiger partial charge on any atom is 0.338 e. The fourth-order valence-electron chi connectivity index (χ4n) is 3.73. The topological polar surface area (TPSA) is 111 Å². The van der Waals surface area contributed by atoms with Crippen molar-refractivity contribution >= 4 is 17.7 Å². The number of nitrogens with one attached hydrogen (secondary N) is 2. The fraction of sp³-hybridized carbons (Fsp3) is 0.474. The number of nitrogens with zero attached hydrogens (tertiary/aromatic N) is 1. The summed E-state index contributed by atoms with van der Waals surface area (Å²) >= 11 is 0. The molecule has 0 radical (unpaired) electrons. The van der Waals surface area contributed by atoms with Crippen molar-refractivity contribution in [1.82, 2.24) is 10.6 Å². The van der Waals surface area contributed by atoms with Gasteiger partial charge in [0.2, 0.25) is 0 Å². The minimum absolute atomic E-state index is 0.105. The fourth-order valence-corrected chi connectivity index (χ4v) is 3.73. The molecule has 144 valence electrons. The van der Waals surface area contributed by atoms with Crippen LogP contribution in [0.1, 0.15) is 51.1 Å². The molecule has 0 spiro atoms. The minimum Gasteiger partial charge on any atom is -0.459 e. The second-order valence-corrected chi connectivity index (χ2v) is 7.22. The molecule has 27 heavy (non-hydrogen) atoms. The molecule has 1 fully saturated rings. The van der Waals surface area contributed by atoms with Crippen LogP contribution in [0.3, 0.4) is 0 Å². The van der Waals surface area contributed by atoms with E-state index in [4.69, 9.17) is 4.74 Å². The highest BCUT2D eigenvalue weighted by Crippen LogP contribution is 2.32. The van der Waals surface area contributed by atoms with E-state index in [0.717, 1.165) is 25.7 Å². The summed E-state index contributed by atoms with van der Waals surface area (Å²) in [5.74, 6) is -0.000939. The predicted octanol–water partition coefficient (Wildman–Crippen LogP) is 3.34. The van der Waals surface area contributed by atoms with E-state index in [-0.39, 0.29) is 17.4 Å². The Hall–Kier alpha value is -2.90. The van der Waals surface area contributed by atoms with Crippen LogP contribution in [0.15, 0.2) is 35.5 Å². The maximum absolute atomic E-state index is 12.9. The van der Waals surface area contributed by atoms with E-state index in [1.54, 1.807) is 13.0 Å². The lowest BCUT2D eigenvalue weighted by atomic mass is 9.88. The Morgan fingerprint density at radius 1 is 1.33 bits per heavy atom. The number of esters is 1. The number of benzene rings is 1. The number of ether oxygens (including phenoxy) is 1. The lowest BCUT2D eigenvalue weighted by Crippen LogP contribution is -2.45. The van der Waals surface area contributed by atoms with Gasteiger partial charge in [0.25, 0.3) is 5.69 Å². The normalized spacial score (nSPS) is 25.4. The van der Waals surface area contributed by atoms with Gasteiger partial charge in [0.15, 0.2) is 0 Å². The summed E-state index contributed by atoms with van der Waals surface area (Å²) in [5, 5.41) is 16.3. The number of hydrogen-bond acceptors (Lipinski definition) is 5. The van der Waals surface area contributed by atoms with Crippen molar-refractivity contribution in [3.05, 3.63) is 51.2 Å². The first-order valence-electron chi connectivity index (χ1n) is 9.08. The highest BCUT2D eigenvalue weighted by atomic mass is 16.6. The third-order valence-corrected chi connectivity index (χ3v) is 5.07. The summed E-state index contributed by atoms with van der Waals surface area (Å²) < 4.78 is 5.71. The Bertz CT molecular complexity index is 804. The Balaban J connectivity index is 1.88. The summed E-state index contributed by atoms with van der Waals surface area (Å²) in [7, 11) is 0. The second-order valence-electron chi connectivity index (χ2n) is 7.22. The van der Waals surface area contributed by atoms with Gasteiger partial charge in [-0.2, -0.15) is 0 Å². The van der Waals surface area contributed by atoms with Crippen molar-refractivity contribution in [2.45, 2.75) is 51.7 Å². The standard InChI is InChI=1S/C19H23N3O5/c1-11-5-3-8-15(9-11)27-18(23)16-12(2)20-19(24)21-17(16)13-6-4-7-14(10-13)22(25)26/h4,6-7,10-11,15,17H,3,5,8-9H2,1-2H3,(H2,20,21,24)/t11-,15+,17+/m0/s1. The van der Waals surface area contributed by atoms with Crippen LogP contribution in [0.25, 0.3) is 0 Å². The predicted molar refractivity (Wildman–Crippen MR) is 97.7 cm³/mol. The number of nitro groups is 1. The first-order chi connectivity index (χ1) is 12.8. The zero-order valence-corrected chi connectivity index (χ0v) is 15.4. The number of rotatable bonds is 4. The summed E-state index contributed by atoms with van der Waals surface area (Å²) in [6.45, 7) is 3.77. The first kappa shape index (κ1) is 18.9. The number of non-ortho nitro benzene ring substituents is 1. The number of carbonyl (C=O) groups is 2. The third kappa shape index (κ3) is 4.27. The Morgan fingerprint density at radius 2 is 2.11 bits per heavy atom. The van der Waals surface area contributed by atoms with E-state index < -0.39 is 23.0 Å². The van der Waals surface area contributed by atoms with Crippen molar-refractivity contribution in [2.75, 3.05) is 0 Å². The van der Waals surface area contributed by atoms with E-state index in [0.29, 0.717) is 17.2 Å². The lowest BCUT2D eigenvalue weighted by Gasteiger charge is -2.31. The molecule has 1 aliphatic carbocycles. The van der Waals surface area contributed by atoms with Gasteiger partial charge in [-0.15, -0.1) is 0 Å². The first-order valence-corrected chi connectivity index (χ1v) is 9.08. The monoisotopic (exact) mass is 373 g/mol. The molecule has 1 saturated carbocycles. The third-order valence-electron chi connectivity index (χ3n) is 5.07. The quantitative estimate of drug-likeness (QED) is 0.478. The molecule has 3 rings (SSSR count). The molecule has 1 aromatic carbocycles. The number of carbonyl (C=O) groups excluding carboxylic acids is 2. The van der Waals surface area contributed by atoms with Crippen molar-refractivity contribution in [1.29, 1.82) is 0 Å². The highest BCUT2D eigenvalue weighted by Gasteiger charge is 2.34. The minimum atomic E-state index is -0.799. The molecule has 0 bridgehead atoms. The maximum atomic E-state index is 12.9. The molecule has 2 N–H and O–H groups in total. The molecule has 3 atom stereocenters. The van der Waals surface area contributed by atoms with Crippen molar-refractivity contribution in [3.63, 3.8) is 0 Å². The van der Waals surface area contributed by atoms with E-state index in [9.17, 15) is 19.7 Å². The molecule has 0 unspecified atom stereocenters. The van der Waals surface area contributed by atoms with Crippen LogP contribution in [0.5, 0.6) is 0 Å². The largest absolute Gasteiger partial charge is 0.459 e. The van der Waals surface area contributed by atoms with Gasteiger partial charge in [0, 0.05) is 17.8 Å². The summed E-state index contributed by atoms with van der Waals surface area (Å²) in [6.07, 6.45) is 3.64. The average Bonchev–Trinajstić information content (AvgIpc) is 2.61. The van der Waals surface area contributed by atoms with Crippen LogP contribution in [0, 0.1) is 16.0 Å². The van der Waals surface area contributed by atoms with Gasteiger partial charge in [-0.3, -0.25) is 10.1 Å². The van der Waals surface area contributed by atoms with Gasteiger partial charge in [0.1, 0.15) is 6.10 Å². The summed E-state index contributed by atoms with van der Waals surface area (Å²) in [4.78, 5) is 35.4. The smallest absolute Gasteiger partial charge is 0.338 e. The van der Waals surface area contributed by atoms with E-state index in [2.05, 4.69) is 17.6 Å². The van der Waals surface area contributed by atoms with Gasteiger partial charge >= 0.3 is 12.0 Å². The summed E-state index contributed by atoms with van der Waals surface area (Å²) in [5.41, 5.74) is 1.02. The molecule has 0 saturated heterocycles. The zero-order chi connectivity index (χ0) is 19.6. The highest BCUT2D eigenvalue weighted by molar-refractivity contribution is 5.95. The van der Waals surface area contributed by atoms with E-state index in [1.165, 1.54) is 18.2 Å². The SMILES string of the molecule is CC1=C(C(=O)O[C@@H]2CCC[C@H](C)C2)[C@@H](c2cccc([N+](=O)[O-])c2)NC(=O)N1. The molecular formula is C19H23N3O5. The van der Waals surface area contributed by atoms with E-state index >= 15 is 0 Å². The van der Waals surface area contributed by atoms with Crippen LogP contribution < -0.4 is 10.6 Å².